The van der Waals surface area contributed by atoms with E-state index in [1.165, 1.54) is 0 Å². The number of hydrogen-bond donors (Lipinski definition) is 1. The molecule has 2 aromatic rings. The monoisotopic (exact) mass is 279 g/mol. The van der Waals surface area contributed by atoms with E-state index in [2.05, 4.69) is 15.3 Å². The second-order valence-electron chi connectivity index (χ2n) is 3.97. The van der Waals surface area contributed by atoms with Gasteiger partial charge in [0.2, 0.25) is 0 Å². The van der Waals surface area contributed by atoms with Crippen molar-refractivity contribution in [3.63, 3.8) is 0 Å². The number of halogens is 2. The summed E-state index contributed by atoms with van der Waals surface area (Å²) in [5, 5.41) is 2.70. The van der Waals surface area contributed by atoms with Gasteiger partial charge in [-0.1, -0.05) is 11.6 Å². The minimum absolute atomic E-state index is 0.0163. The molecule has 19 heavy (non-hydrogen) atoms. The summed E-state index contributed by atoms with van der Waals surface area (Å²) >= 11 is 5.77. The van der Waals surface area contributed by atoms with E-state index in [1.54, 1.807) is 24.5 Å². The zero-order valence-electron chi connectivity index (χ0n) is 10.1. The fourth-order valence-electron chi connectivity index (χ4n) is 1.59. The molecular formula is C13H11ClFN3O. The van der Waals surface area contributed by atoms with Crippen molar-refractivity contribution in [2.45, 2.75) is 13.0 Å². The first-order valence-electron chi connectivity index (χ1n) is 5.60. The van der Waals surface area contributed by atoms with E-state index in [0.717, 1.165) is 17.8 Å². The molecule has 0 aliphatic heterocycles. The lowest BCUT2D eigenvalue weighted by Gasteiger charge is -2.14. The van der Waals surface area contributed by atoms with Gasteiger partial charge >= 0.3 is 0 Å². The van der Waals surface area contributed by atoms with E-state index < -0.39 is 11.7 Å². The fourth-order valence-corrected chi connectivity index (χ4v) is 1.78. The minimum atomic E-state index is -0.605. The molecule has 0 fully saturated rings. The third-order valence-electron chi connectivity index (χ3n) is 2.60. The highest BCUT2D eigenvalue weighted by Crippen LogP contribution is 2.16. The summed E-state index contributed by atoms with van der Waals surface area (Å²) < 4.78 is 13.1. The van der Waals surface area contributed by atoms with Gasteiger partial charge in [-0.2, -0.15) is 0 Å². The summed E-state index contributed by atoms with van der Waals surface area (Å²) in [6, 6.07) is 4.39. The highest BCUT2D eigenvalue weighted by atomic mass is 35.5. The van der Waals surface area contributed by atoms with Gasteiger partial charge in [0.1, 0.15) is 11.0 Å². The number of nitrogens with one attached hydrogen (secondary N) is 1. The van der Waals surface area contributed by atoms with Crippen molar-refractivity contribution in [3.05, 3.63) is 58.9 Å². The topological polar surface area (TPSA) is 54.9 Å². The van der Waals surface area contributed by atoms with Crippen LogP contribution >= 0.6 is 11.6 Å². The van der Waals surface area contributed by atoms with Gasteiger partial charge in [0.15, 0.2) is 0 Å². The van der Waals surface area contributed by atoms with E-state index in [1.807, 2.05) is 6.92 Å². The third-order valence-corrected chi connectivity index (χ3v) is 2.91. The van der Waals surface area contributed by atoms with Gasteiger partial charge in [0.05, 0.1) is 17.8 Å². The quantitative estimate of drug-likeness (QED) is 0.879. The number of carbonyl (C=O) groups is 1. The third kappa shape index (κ3) is 3.26. The molecule has 2 heterocycles. The zero-order valence-corrected chi connectivity index (χ0v) is 10.9. The van der Waals surface area contributed by atoms with E-state index in [-0.39, 0.29) is 16.8 Å². The van der Waals surface area contributed by atoms with E-state index in [0.29, 0.717) is 0 Å². The molecule has 2 rings (SSSR count). The zero-order chi connectivity index (χ0) is 13.8. The number of rotatable bonds is 3. The molecule has 1 N–H and O–H groups in total. The molecule has 2 aromatic heterocycles. The molecule has 0 aliphatic rings. The smallest absolute Gasteiger partial charge is 0.254 e. The summed E-state index contributed by atoms with van der Waals surface area (Å²) in [6.45, 7) is 1.81. The Balaban J connectivity index is 2.15. The van der Waals surface area contributed by atoms with Crippen molar-refractivity contribution >= 4 is 17.5 Å². The molecule has 0 saturated carbocycles. The molecule has 1 atom stereocenters. The Morgan fingerprint density at radius 1 is 1.42 bits per heavy atom. The van der Waals surface area contributed by atoms with Gasteiger partial charge < -0.3 is 5.32 Å². The number of hydrogen-bond acceptors (Lipinski definition) is 3. The first-order chi connectivity index (χ1) is 9.08. The van der Waals surface area contributed by atoms with E-state index >= 15 is 0 Å². The van der Waals surface area contributed by atoms with Crippen molar-refractivity contribution in [2.75, 3.05) is 0 Å². The Morgan fingerprint density at radius 2 is 2.11 bits per heavy atom. The number of aromatic nitrogens is 2. The molecule has 1 unspecified atom stereocenters. The van der Waals surface area contributed by atoms with E-state index in [9.17, 15) is 9.18 Å². The van der Waals surface area contributed by atoms with Gasteiger partial charge in [-0.15, -0.1) is 0 Å². The second-order valence-corrected chi connectivity index (χ2v) is 4.33. The highest BCUT2D eigenvalue weighted by molar-refractivity contribution is 6.32. The predicted molar refractivity (Wildman–Crippen MR) is 69.3 cm³/mol. The molecule has 4 nitrogen and oxygen atoms in total. The Morgan fingerprint density at radius 3 is 2.79 bits per heavy atom. The molecule has 6 heteroatoms. The maximum atomic E-state index is 13.1. The number of carbonyl (C=O) groups excluding carboxylic acids is 1. The Kier molecular flexibility index (Phi) is 4.06. The molecular weight excluding hydrogens is 269 g/mol. The van der Waals surface area contributed by atoms with Gasteiger partial charge in [0.25, 0.3) is 5.91 Å². The molecule has 0 spiro atoms. The fraction of sp³-hybridized carbons (Fsp3) is 0.154. The molecule has 98 valence electrons. The van der Waals surface area contributed by atoms with Crippen LogP contribution in [-0.2, 0) is 0 Å². The van der Waals surface area contributed by atoms with Gasteiger partial charge in [-0.25, -0.2) is 9.37 Å². The van der Waals surface area contributed by atoms with Crippen LogP contribution in [0.5, 0.6) is 0 Å². The molecule has 0 saturated heterocycles. The largest absolute Gasteiger partial charge is 0.345 e. The summed E-state index contributed by atoms with van der Waals surface area (Å²) in [7, 11) is 0. The predicted octanol–water partition coefficient (Wildman–Crippen LogP) is 2.76. The Hall–Kier alpha value is -2.01. The summed E-state index contributed by atoms with van der Waals surface area (Å²) in [5.74, 6) is -1.08. The average molecular weight is 280 g/mol. The summed E-state index contributed by atoms with van der Waals surface area (Å²) in [5.41, 5.74) is 0.909. The maximum Gasteiger partial charge on any atom is 0.254 e. The van der Waals surface area contributed by atoms with Crippen molar-refractivity contribution in [2.24, 2.45) is 0 Å². The molecule has 0 bridgehead atoms. The second kappa shape index (κ2) is 5.75. The normalized spacial score (nSPS) is 11.9. The first-order valence-corrected chi connectivity index (χ1v) is 5.97. The van der Waals surface area contributed by atoms with Crippen LogP contribution < -0.4 is 5.32 Å². The van der Waals surface area contributed by atoms with Crippen LogP contribution in [0.3, 0.4) is 0 Å². The van der Waals surface area contributed by atoms with Crippen LogP contribution in [0.2, 0.25) is 5.15 Å². The van der Waals surface area contributed by atoms with Crippen molar-refractivity contribution in [1.82, 2.24) is 15.3 Å². The van der Waals surface area contributed by atoms with Gasteiger partial charge in [0, 0.05) is 12.4 Å². The van der Waals surface area contributed by atoms with Crippen LogP contribution in [-0.4, -0.2) is 15.9 Å². The Labute approximate surface area is 114 Å². The molecule has 0 aliphatic carbocycles. The molecule has 1 amide bonds. The average Bonchev–Trinajstić information content (AvgIpc) is 2.42. The van der Waals surface area contributed by atoms with Crippen LogP contribution in [0.1, 0.15) is 28.9 Å². The van der Waals surface area contributed by atoms with Crippen LogP contribution in [0.25, 0.3) is 0 Å². The Bertz CT molecular complexity index is 592. The van der Waals surface area contributed by atoms with E-state index in [4.69, 9.17) is 11.6 Å². The van der Waals surface area contributed by atoms with Crippen LogP contribution in [0, 0.1) is 5.82 Å². The van der Waals surface area contributed by atoms with Crippen molar-refractivity contribution in [3.8, 4) is 0 Å². The van der Waals surface area contributed by atoms with Crippen molar-refractivity contribution in [1.29, 1.82) is 0 Å². The lowest BCUT2D eigenvalue weighted by Crippen LogP contribution is -2.27. The number of pyridine rings is 2. The molecule has 0 radical (unpaired) electrons. The lowest BCUT2D eigenvalue weighted by molar-refractivity contribution is 0.0939. The number of amides is 1. The number of nitrogens with zero attached hydrogens (tertiary/aromatic N) is 2. The highest BCUT2D eigenvalue weighted by Gasteiger charge is 2.15. The van der Waals surface area contributed by atoms with Gasteiger partial charge in [-0.3, -0.25) is 9.78 Å². The molecule has 0 aromatic carbocycles. The summed E-state index contributed by atoms with van der Waals surface area (Å²) in [6.07, 6.45) is 4.23. The van der Waals surface area contributed by atoms with Crippen molar-refractivity contribution < 1.29 is 9.18 Å². The van der Waals surface area contributed by atoms with Crippen LogP contribution in [0.4, 0.5) is 4.39 Å². The maximum absolute atomic E-state index is 13.1. The first kappa shape index (κ1) is 13.4. The van der Waals surface area contributed by atoms with Crippen LogP contribution in [0.15, 0.2) is 36.8 Å². The minimum Gasteiger partial charge on any atom is -0.345 e. The summed E-state index contributed by atoms with van der Waals surface area (Å²) in [4.78, 5) is 19.5. The van der Waals surface area contributed by atoms with Gasteiger partial charge in [-0.05, 0) is 30.7 Å². The lowest BCUT2D eigenvalue weighted by atomic mass is 10.1. The SMILES string of the molecule is CC(NC(=O)c1cc(F)cnc1Cl)c1ccncc1. The standard InChI is InChI=1S/C13H11ClFN3O/c1-8(9-2-4-16-5-3-9)18-13(19)11-6-10(15)7-17-12(11)14/h2-8H,1H3,(H,18,19).